The highest BCUT2D eigenvalue weighted by Gasteiger charge is 2.22. The Labute approximate surface area is 115 Å². The molecule has 2 rings (SSSR count). The fraction of sp³-hybridized carbons (Fsp3) is 0.417. The Kier molecular flexibility index (Phi) is 4.02. The number of nitrogens with zero attached hydrogens (tertiary/aromatic N) is 4. The van der Waals surface area contributed by atoms with E-state index in [-0.39, 0.29) is 38.0 Å². The molecule has 0 unspecified atom stereocenters. The lowest BCUT2D eigenvalue weighted by atomic mass is 10.5. The Morgan fingerprint density at radius 2 is 2.40 bits per heavy atom. The van der Waals surface area contributed by atoms with E-state index in [1.54, 1.807) is 22.5 Å². The van der Waals surface area contributed by atoms with E-state index in [2.05, 4.69) is 10.9 Å². The van der Waals surface area contributed by atoms with Crippen LogP contribution >= 0.6 is 0 Å². The average molecular weight is 278 g/mol. The second kappa shape index (κ2) is 5.73. The zero-order chi connectivity index (χ0) is 14.7. The molecule has 3 N–H and O–H groups in total. The summed E-state index contributed by atoms with van der Waals surface area (Å²) in [4.78, 5) is 16.5. The van der Waals surface area contributed by atoms with Gasteiger partial charge in [0.1, 0.15) is 0 Å². The number of nitrogens with two attached hydrogens (primary N) is 1. The number of terminal acetylenes is 1. The molecule has 8 heteroatoms. The molecular formula is C12H16N5O3+. The van der Waals surface area contributed by atoms with Gasteiger partial charge < -0.3 is 15.6 Å². The first-order valence-corrected chi connectivity index (χ1v) is 5.97. The van der Waals surface area contributed by atoms with Crippen molar-refractivity contribution >= 4 is 17.1 Å². The van der Waals surface area contributed by atoms with Crippen LogP contribution in [-0.4, -0.2) is 32.4 Å². The van der Waals surface area contributed by atoms with E-state index >= 15 is 0 Å². The molecule has 106 valence electrons. The Morgan fingerprint density at radius 3 is 3.05 bits per heavy atom. The van der Waals surface area contributed by atoms with Crippen LogP contribution in [0.4, 0.5) is 5.95 Å². The highest BCUT2D eigenvalue weighted by molar-refractivity contribution is 5.67. The number of ether oxygens (including phenoxy) is 1. The van der Waals surface area contributed by atoms with E-state index in [1.807, 2.05) is 0 Å². The van der Waals surface area contributed by atoms with Crippen molar-refractivity contribution in [2.75, 3.05) is 18.9 Å². The lowest BCUT2D eigenvalue weighted by Crippen LogP contribution is -2.36. The summed E-state index contributed by atoms with van der Waals surface area (Å²) in [7, 11) is 1.73. The topological polar surface area (TPSA) is 99.2 Å². The molecule has 2 aromatic rings. The quantitative estimate of drug-likeness (QED) is 0.382. The molecule has 0 aromatic carbocycles. The predicted molar refractivity (Wildman–Crippen MR) is 71.5 cm³/mol. The summed E-state index contributed by atoms with van der Waals surface area (Å²) in [6.07, 6.45) is 6.89. The minimum atomic E-state index is -0.297. The van der Waals surface area contributed by atoms with Crippen LogP contribution in [0.25, 0.3) is 11.2 Å². The van der Waals surface area contributed by atoms with Crippen molar-refractivity contribution in [3.63, 3.8) is 0 Å². The third-order valence-electron chi connectivity index (χ3n) is 2.81. The van der Waals surface area contributed by atoms with Gasteiger partial charge in [-0.1, -0.05) is 10.9 Å². The van der Waals surface area contributed by atoms with Gasteiger partial charge in [0.2, 0.25) is 5.52 Å². The van der Waals surface area contributed by atoms with Gasteiger partial charge >= 0.3 is 11.2 Å². The molecule has 2 aromatic heterocycles. The molecule has 0 amide bonds. The summed E-state index contributed by atoms with van der Waals surface area (Å²) in [6, 6.07) is 0. The van der Waals surface area contributed by atoms with Crippen LogP contribution in [0.3, 0.4) is 0 Å². The molecule has 0 aliphatic rings. The predicted octanol–water partition coefficient (Wildman–Crippen LogP) is -1.80. The number of nitrogen functional groups attached to an aromatic ring is 1. The van der Waals surface area contributed by atoms with Crippen LogP contribution in [0.2, 0.25) is 0 Å². The molecule has 0 spiro atoms. The Balaban J connectivity index is 2.55. The first kappa shape index (κ1) is 14.0. The normalized spacial score (nSPS) is 10.8. The molecule has 0 atom stereocenters. The van der Waals surface area contributed by atoms with E-state index in [9.17, 15) is 4.79 Å². The van der Waals surface area contributed by atoms with Crippen LogP contribution in [0.1, 0.15) is 0 Å². The zero-order valence-corrected chi connectivity index (χ0v) is 11.1. The summed E-state index contributed by atoms with van der Waals surface area (Å²) >= 11 is 0. The number of hydrogen-bond donors (Lipinski definition) is 2. The summed E-state index contributed by atoms with van der Waals surface area (Å²) in [5.74, 6) is 2.43. The van der Waals surface area contributed by atoms with Crippen LogP contribution in [-0.2, 0) is 25.1 Å². The molecule has 20 heavy (non-hydrogen) atoms. The largest absolute Gasteiger partial charge is 0.394 e. The molecule has 0 radical (unpaired) electrons. The summed E-state index contributed by atoms with van der Waals surface area (Å²) in [6.45, 7) is 0.367. The van der Waals surface area contributed by atoms with Gasteiger partial charge in [-0.2, -0.15) is 0 Å². The number of fused-ring (bicyclic) bond motifs is 1. The van der Waals surface area contributed by atoms with Gasteiger partial charge in [0.25, 0.3) is 5.95 Å². The Morgan fingerprint density at radius 1 is 1.65 bits per heavy atom. The summed E-state index contributed by atoms with van der Waals surface area (Å²) < 4.78 is 9.74. The number of aliphatic hydroxyl groups is 1. The molecule has 0 aliphatic carbocycles. The number of aliphatic hydroxyl groups excluding tert-OH is 1. The number of imidazole rings is 1. The van der Waals surface area contributed by atoms with Crippen molar-refractivity contribution in [2.45, 2.75) is 13.3 Å². The second-order valence-electron chi connectivity index (χ2n) is 4.19. The standard InChI is InChI=1S/C12H15N5O3/c1-3-4-17-11(19)9-10(14-12(17)13)16(7-15(9)2)8-20-6-5-18/h1,7,18H,4-6,8H2,2H3,(H-,13,14,19)/p+1. The van der Waals surface area contributed by atoms with Crippen molar-refractivity contribution in [2.24, 2.45) is 7.05 Å². The van der Waals surface area contributed by atoms with E-state index in [4.69, 9.17) is 22.0 Å². The second-order valence-corrected chi connectivity index (χ2v) is 4.19. The fourth-order valence-corrected chi connectivity index (χ4v) is 1.95. The van der Waals surface area contributed by atoms with Gasteiger partial charge in [0.15, 0.2) is 13.1 Å². The van der Waals surface area contributed by atoms with Crippen molar-refractivity contribution in [3.8, 4) is 12.3 Å². The smallest absolute Gasteiger partial charge is 0.313 e. The molecule has 0 bridgehead atoms. The van der Waals surface area contributed by atoms with E-state index in [1.165, 1.54) is 4.57 Å². The first-order chi connectivity index (χ1) is 9.60. The minimum Gasteiger partial charge on any atom is -0.394 e. The highest BCUT2D eigenvalue weighted by atomic mass is 16.5. The third kappa shape index (κ3) is 2.36. The van der Waals surface area contributed by atoms with Gasteiger partial charge in [0, 0.05) is 0 Å². The first-order valence-electron chi connectivity index (χ1n) is 5.97. The third-order valence-corrected chi connectivity index (χ3v) is 2.81. The number of aromatic nitrogens is 4. The maximum absolute atomic E-state index is 12.3. The molecular weight excluding hydrogens is 262 g/mol. The van der Waals surface area contributed by atoms with E-state index in [0.29, 0.717) is 11.2 Å². The van der Waals surface area contributed by atoms with Crippen molar-refractivity contribution in [1.29, 1.82) is 0 Å². The number of rotatable bonds is 5. The Bertz CT molecular complexity index is 725. The van der Waals surface area contributed by atoms with Crippen molar-refractivity contribution in [1.82, 2.24) is 14.1 Å². The van der Waals surface area contributed by atoms with Crippen LogP contribution in [0.15, 0.2) is 11.1 Å². The average Bonchev–Trinajstić information content (AvgIpc) is 2.71. The molecule has 8 nitrogen and oxygen atoms in total. The summed E-state index contributed by atoms with van der Waals surface area (Å²) in [5, 5.41) is 8.70. The summed E-state index contributed by atoms with van der Waals surface area (Å²) in [5.41, 5.74) is 6.27. The van der Waals surface area contributed by atoms with Crippen molar-refractivity contribution < 1.29 is 14.4 Å². The maximum atomic E-state index is 12.3. The number of hydrogen-bond acceptors (Lipinski definition) is 5. The number of anilines is 1. The van der Waals surface area contributed by atoms with Crippen LogP contribution in [0.5, 0.6) is 0 Å². The van der Waals surface area contributed by atoms with E-state index in [0.717, 1.165) is 0 Å². The van der Waals surface area contributed by atoms with Gasteiger partial charge in [-0.25, -0.2) is 9.13 Å². The van der Waals surface area contributed by atoms with Crippen molar-refractivity contribution in [3.05, 3.63) is 16.7 Å². The molecule has 0 fully saturated rings. The highest BCUT2D eigenvalue weighted by Crippen LogP contribution is 2.05. The fourth-order valence-electron chi connectivity index (χ4n) is 1.95. The minimum absolute atomic E-state index is 0.0579. The molecule has 2 heterocycles. The zero-order valence-electron chi connectivity index (χ0n) is 11.1. The molecule has 0 saturated heterocycles. The lowest BCUT2D eigenvalue weighted by Gasteiger charge is -2.02. The van der Waals surface area contributed by atoms with E-state index < -0.39 is 0 Å². The van der Waals surface area contributed by atoms with Gasteiger partial charge in [-0.3, -0.25) is 9.36 Å². The monoisotopic (exact) mass is 278 g/mol. The number of aryl methyl sites for hydroxylation is 1. The van der Waals surface area contributed by atoms with Gasteiger partial charge in [-0.15, -0.1) is 6.42 Å². The molecule has 0 saturated carbocycles. The lowest BCUT2D eigenvalue weighted by molar-refractivity contribution is -0.711. The van der Waals surface area contributed by atoms with Crippen LogP contribution in [0, 0.1) is 12.3 Å². The van der Waals surface area contributed by atoms with Crippen LogP contribution < -0.4 is 15.9 Å². The van der Waals surface area contributed by atoms with Gasteiger partial charge in [0.05, 0.1) is 26.8 Å². The molecule has 0 aliphatic heterocycles. The Hall–Kier alpha value is -2.37. The SMILES string of the molecule is C#CCn1c(N)nc2c(c1=O)n(C)c[n+]2COCCO. The maximum Gasteiger partial charge on any atom is 0.313 e. The van der Waals surface area contributed by atoms with Gasteiger partial charge in [-0.05, 0) is 0 Å².